The summed E-state index contributed by atoms with van der Waals surface area (Å²) in [7, 11) is 0. The van der Waals surface area contributed by atoms with Crippen molar-refractivity contribution in [2.75, 3.05) is 11.5 Å². The Labute approximate surface area is 123 Å². The molecule has 3 atom stereocenters. The van der Waals surface area contributed by atoms with Crippen molar-refractivity contribution in [1.82, 2.24) is 10.1 Å². The monoisotopic (exact) mass is 301 g/mol. The van der Waals surface area contributed by atoms with Gasteiger partial charge in [0.05, 0.1) is 11.3 Å². The molecule has 0 aromatic carbocycles. The van der Waals surface area contributed by atoms with E-state index in [9.17, 15) is 0 Å². The van der Waals surface area contributed by atoms with Gasteiger partial charge in [-0.05, 0) is 11.8 Å². The maximum absolute atomic E-state index is 6.17. The summed E-state index contributed by atoms with van der Waals surface area (Å²) in [6.45, 7) is 8.48. The molecule has 6 heteroatoms. The van der Waals surface area contributed by atoms with Crippen molar-refractivity contribution in [3.05, 3.63) is 11.7 Å². The zero-order valence-corrected chi connectivity index (χ0v) is 13.7. The lowest BCUT2D eigenvalue weighted by atomic mass is 9.87. The van der Waals surface area contributed by atoms with Crippen molar-refractivity contribution in [2.24, 2.45) is 11.1 Å². The third-order valence-corrected chi connectivity index (χ3v) is 6.61. The fourth-order valence-corrected chi connectivity index (χ4v) is 4.98. The van der Waals surface area contributed by atoms with E-state index in [0.717, 1.165) is 18.0 Å². The first-order chi connectivity index (χ1) is 8.93. The van der Waals surface area contributed by atoms with Crippen LogP contribution in [0.4, 0.5) is 0 Å². The van der Waals surface area contributed by atoms with E-state index in [1.807, 2.05) is 23.5 Å². The summed E-state index contributed by atoms with van der Waals surface area (Å²) in [5.41, 5.74) is 6.11. The van der Waals surface area contributed by atoms with Crippen LogP contribution in [0.2, 0.25) is 0 Å². The first kappa shape index (κ1) is 15.2. The molecule has 1 fully saturated rings. The van der Waals surface area contributed by atoms with E-state index in [1.54, 1.807) is 0 Å². The molecule has 1 aromatic rings. The van der Waals surface area contributed by atoms with Crippen LogP contribution in [0.25, 0.3) is 0 Å². The third-order valence-electron chi connectivity index (χ3n) is 3.36. The van der Waals surface area contributed by atoms with Crippen LogP contribution in [-0.4, -0.2) is 26.9 Å². The molecule has 0 radical (unpaired) electrons. The average Bonchev–Trinajstić information content (AvgIpc) is 2.86. The second-order valence-corrected chi connectivity index (χ2v) is 8.54. The summed E-state index contributed by atoms with van der Waals surface area (Å²) in [4.78, 5) is 4.56. The van der Waals surface area contributed by atoms with Gasteiger partial charge in [-0.3, -0.25) is 0 Å². The quantitative estimate of drug-likeness (QED) is 0.923. The molecule has 0 aliphatic carbocycles. The lowest BCUT2D eigenvalue weighted by molar-refractivity contribution is 0.252. The molecule has 2 rings (SSSR count). The molecular weight excluding hydrogens is 278 g/mol. The summed E-state index contributed by atoms with van der Waals surface area (Å²) in [6, 6.07) is -0.213. The molecule has 2 N–H and O–H groups in total. The number of aromatic nitrogens is 2. The van der Waals surface area contributed by atoms with Crippen molar-refractivity contribution in [3.8, 4) is 0 Å². The van der Waals surface area contributed by atoms with E-state index in [0.29, 0.717) is 16.4 Å². The van der Waals surface area contributed by atoms with Gasteiger partial charge in [0.25, 0.3) is 0 Å². The van der Waals surface area contributed by atoms with Gasteiger partial charge in [0.15, 0.2) is 5.82 Å². The predicted molar refractivity (Wildman–Crippen MR) is 82.4 cm³/mol. The summed E-state index contributed by atoms with van der Waals surface area (Å²) in [6.07, 6.45) is 1.14. The lowest BCUT2D eigenvalue weighted by Crippen LogP contribution is -2.26. The first-order valence-corrected chi connectivity index (χ1v) is 8.85. The van der Waals surface area contributed by atoms with Gasteiger partial charge in [-0.1, -0.05) is 32.9 Å². The summed E-state index contributed by atoms with van der Waals surface area (Å²) >= 11 is 3.95. The lowest BCUT2D eigenvalue weighted by Gasteiger charge is -2.27. The van der Waals surface area contributed by atoms with E-state index < -0.39 is 0 Å². The molecular formula is C13H23N3OS2. The van der Waals surface area contributed by atoms with E-state index in [1.165, 1.54) is 5.75 Å². The smallest absolute Gasteiger partial charge is 0.244 e. The van der Waals surface area contributed by atoms with Crippen molar-refractivity contribution in [2.45, 2.75) is 50.7 Å². The van der Waals surface area contributed by atoms with Crippen LogP contribution in [0.15, 0.2) is 4.52 Å². The zero-order valence-electron chi connectivity index (χ0n) is 12.0. The molecule has 1 aliphatic rings. The second kappa shape index (κ2) is 6.06. The summed E-state index contributed by atoms with van der Waals surface area (Å²) in [5.74, 6) is 3.75. The molecule has 0 amide bonds. The zero-order chi connectivity index (χ0) is 14.0. The molecule has 1 aromatic heterocycles. The van der Waals surface area contributed by atoms with Crippen LogP contribution in [0, 0.1) is 5.41 Å². The highest BCUT2D eigenvalue weighted by Crippen LogP contribution is 2.43. The van der Waals surface area contributed by atoms with Crippen LogP contribution < -0.4 is 5.73 Å². The highest BCUT2D eigenvalue weighted by atomic mass is 32.2. The van der Waals surface area contributed by atoms with Gasteiger partial charge in [-0.25, -0.2) is 0 Å². The van der Waals surface area contributed by atoms with Crippen LogP contribution in [0.5, 0.6) is 0 Å². The Balaban J connectivity index is 2.16. The van der Waals surface area contributed by atoms with Gasteiger partial charge in [-0.2, -0.15) is 16.7 Å². The normalized spacial score (nSPS) is 26.4. The predicted octanol–water partition coefficient (Wildman–Crippen LogP) is 3.42. The molecule has 19 heavy (non-hydrogen) atoms. The van der Waals surface area contributed by atoms with Gasteiger partial charge in [0.2, 0.25) is 5.89 Å². The molecule has 2 heterocycles. The minimum Gasteiger partial charge on any atom is -0.338 e. The van der Waals surface area contributed by atoms with E-state index in [-0.39, 0.29) is 11.5 Å². The topological polar surface area (TPSA) is 64.9 Å². The van der Waals surface area contributed by atoms with Gasteiger partial charge in [-0.15, -0.1) is 11.8 Å². The van der Waals surface area contributed by atoms with Crippen molar-refractivity contribution >= 4 is 23.5 Å². The van der Waals surface area contributed by atoms with Crippen LogP contribution in [0.1, 0.15) is 57.1 Å². The largest absolute Gasteiger partial charge is 0.338 e. The Bertz CT molecular complexity index is 416. The molecule has 1 aliphatic heterocycles. The van der Waals surface area contributed by atoms with Gasteiger partial charge in [0, 0.05) is 16.8 Å². The van der Waals surface area contributed by atoms with Gasteiger partial charge in [0.1, 0.15) is 0 Å². The van der Waals surface area contributed by atoms with Crippen molar-refractivity contribution in [3.63, 3.8) is 0 Å². The Kier molecular flexibility index (Phi) is 4.84. The van der Waals surface area contributed by atoms with E-state index >= 15 is 0 Å². The molecule has 0 bridgehead atoms. The molecule has 4 nitrogen and oxygen atoms in total. The van der Waals surface area contributed by atoms with E-state index in [2.05, 4.69) is 37.8 Å². The van der Waals surface area contributed by atoms with Crippen LogP contribution in [0.3, 0.4) is 0 Å². The first-order valence-electron chi connectivity index (χ1n) is 6.75. The maximum atomic E-state index is 6.17. The Morgan fingerprint density at radius 1 is 1.37 bits per heavy atom. The summed E-state index contributed by atoms with van der Waals surface area (Å²) < 4.78 is 5.39. The summed E-state index contributed by atoms with van der Waals surface area (Å²) in [5, 5.41) is 5.09. The van der Waals surface area contributed by atoms with E-state index in [4.69, 9.17) is 10.3 Å². The number of nitrogens with two attached hydrogens (primary N) is 1. The standard InChI is InChI=1S/C13H23N3OS2/c1-5-8-9(19-7-6-18-8)11-15-12(17-16-11)10(14)13(2,3)4/h8-10H,5-7,14H2,1-4H3. The number of hydrogen-bond donors (Lipinski definition) is 1. The molecule has 1 saturated heterocycles. The SMILES string of the molecule is CCC1SCCSC1c1noc(C(N)C(C)(C)C)n1. The number of rotatable bonds is 3. The third kappa shape index (κ3) is 3.47. The molecule has 108 valence electrons. The Morgan fingerprint density at radius 3 is 2.68 bits per heavy atom. The van der Waals surface area contributed by atoms with Crippen molar-refractivity contribution < 1.29 is 4.52 Å². The van der Waals surface area contributed by atoms with Gasteiger partial charge < -0.3 is 10.3 Å². The Morgan fingerprint density at radius 2 is 2.05 bits per heavy atom. The average molecular weight is 301 g/mol. The van der Waals surface area contributed by atoms with Crippen LogP contribution in [-0.2, 0) is 0 Å². The number of thioether (sulfide) groups is 2. The van der Waals surface area contributed by atoms with Crippen LogP contribution >= 0.6 is 23.5 Å². The number of hydrogen-bond acceptors (Lipinski definition) is 6. The van der Waals surface area contributed by atoms with Gasteiger partial charge >= 0.3 is 0 Å². The minimum atomic E-state index is -0.213. The molecule has 0 spiro atoms. The van der Waals surface area contributed by atoms with Crippen molar-refractivity contribution in [1.29, 1.82) is 0 Å². The minimum absolute atomic E-state index is 0.0670. The highest BCUT2D eigenvalue weighted by molar-refractivity contribution is 8.06. The fraction of sp³-hybridized carbons (Fsp3) is 0.846. The number of nitrogens with zero attached hydrogens (tertiary/aromatic N) is 2. The fourth-order valence-electron chi connectivity index (χ4n) is 2.00. The molecule has 3 unspecified atom stereocenters. The second-order valence-electron chi connectivity index (χ2n) is 5.94. The molecule has 0 saturated carbocycles. The maximum Gasteiger partial charge on any atom is 0.244 e. The Hall–Kier alpha value is -0.200. The highest BCUT2D eigenvalue weighted by Gasteiger charge is 2.33.